The number of hydrogen-bond donors (Lipinski definition) is 1. The first kappa shape index (κ1) is 17.6. The maximum Gasteiger partial charge on any atom is 0.123 e. The zero-order chi connectivity index (χ0) is 17.6. The van der Waals surface area contributed by atoms with Crippen LogP contribution in [-0.2, 0) is 10.8 Å². The average molecular weight is 310 g/mol. The van der Waals surface area contributed by atoms with Crippen molar-refractivity contribution < 1.29 is 5.11 Å². The van der Waals surface area contributed by atoms with Gasteiger partial charge in [-0.25, -0.2) is 0 Å². The molecule has 1 heteroatoms. The summed E-state index contributed by atoms with van der Waals surface area (Å²) in [7, 11) is 0. The van der Waals surface area contributed by atoms with Gasteiger partial charge in [-0.3, -0.25) is 0 Å². The van der Waals surface area contributed by atoms with Crippen LogP contribution in [-0.4, -0.2) is 5.11 Å². The minimum absolute atomic E-state index is 0.0217. The molecule has 0 amide bonds. The van der Waals surface area contributed by atoms with Crippen molar-refractivity contribution in [1.82, 2.24) is 0 Å². The van der Waals surface area contributed by atoms with Crippen LogP contribution in [0.2, 0.25) is 0 Å². The molecule has 2 rings (SSSR count). The number of aryl methyl sites for hydroxylation is 2. The molecule has 0 saturated heterocycles. The van der Waals surface area contributed by atoms with Crippen LogP contribution in [0.25, 0.3) is 11.1 Å². The molecular formula is C22H30O. The van der Waals surface area contributed by atoms with Crippen LogP contribution in [0.15, 0.2) is 30.3 Å². The quantitative estimate of drug-likeness (QED) is 0.658. The number of benzene rings is 2. The van der Waals surface area contributed by atoms with E-state index in [-0.39, 0.29) is 10.8 Å². The summed E-state index contributed by atoms with van der Waals surface area (Å²) in [5.41, 5.74) is 6.94. The lowest BCUT2D eigenvalue weighted by molar-refractivity contribution is 0.472. The van der Waals surface area contributed by atoms with E-state index in [4.69, 9.17) is 0 Å². The molecule has 0 atom stereocenters. The highest BCUT2D eigenvalue weighted by Gasteiger charge is 2.26. The Labute approximate surface area is 141 Å². The van der Waals surface area contributed by atoms with E-state index < -0.39 is 0 Å². The van der Waals surface area contributed by atoms with Crippen molar-refractivity contribution in [3.63, 3.8) is 0 Å². The van der Waals surface area contributed by atoms with Gasteiger partial charge in [0.05, 0.1) is 0 Å². The van der Waals surface area contributed by atoms with Crippen LogP contribution in [0.4, 0.5) is 0 Å². The van der Waals surface area contributed by atoms with Gasteiger partial charge in [0, 0.05) is 5.56 Å². The van der Waals surface area contributed by atoms with E-state index in [1.54, 1.807) is 0 Å². The molecule has 1 N–H and O–H groups in total. The SMILES string of the molecule is Cc1ccc(-c2c(O)cc(C)cc2C(C)(C)C)c(C(C)(C)C)c1. The molecule has 0 radical (unpaired) electrons. The molecule has 0 heterocycles. The monoisotopic (exact) mass is 310 g/mol. The number of aromatic hydroxyl groups is 1. The molecule has 0 saturated carbocycles. The van der Waals surface area contributed by atoms with Crippen molar-refractivity contribution in [2.45, 2.75) is 66.2 Å². The van der Waals surface area contributed by atoms with Gasteiger partial charge in [-0.05, 0) is 53.0 Å². The third-order valence-electron chi connectivity index (χ3n) is 4.32. The van der Waals surface area contributed by atoms with Crippen LogP contribution in [0.3, 0.4) is 0 Å². The number of rotatable bonds is 1. The van der Waals surface area contributed by atoms with Crippen LogP contribution >= 0.6 is 0 Å². The predicted molar refractivity (Wildman–Crippen MR) is 100 cm³/mol. The van der Waals surface area contributed by atoms with Crippen LogP contribution < -0.4 is 0 Å². The molecule has 0 fully saturated rings. The first-order chi connectivity index (χ1) is 10.4. The second-order valence-corrected chi connectivity index (χ2v) is 8.76. The van der Waals surface area contributed by atoms with Gasteiger partial charge in [-0.2, -0.15) is 0 Å². The van der Waals surface area contributed by atoms with Crippen molar-refractivity contribution >= 4 is 0 Å². The van der Waals surface area contributed by atoms with Gasteiger partial charge in [0.2, 0.25) is 0 Å². The van der Waals surface area contributed by atoms with Crippen molar-refractivity contribution in [2.24, 2.45) is 0 Å². The van der Waals surface area contributed by atoms with E-state index in [0.717, 1.165) is 16.7 Å². The molecule has 0 unspecified atom stereocenters. The molecule has 0 spiro atoms. The lowest BCUT2D eigenvalue weighted by Crippen LogP contribution is -2.17. The maximum atomic E-state index is 10.7. The summed E-state index contributed by atoms with van der Waals surface area (Å²) < 4.78 is 0. The smallest absolute Gasteiger partial charge is 0.123 e. The van der Waals surface area contributed by atoms with Gasteiger partial charge in [-0.1, -0.05) is 71.4 Å². The summed E-state index contributed by atoms with van der Waals surface area (Å²) in [6.45, 7) is 17.5. The third kappa shape index (κ3) is 3.60. The summed E-state index contributed by atoms with van der Waals surface area (Å²) in [5, 5.41) is 10.7. The normalized spacial score (nSPS) is 12.5. The lowest BCUT2D eigenvalue weighted by atomic mass is 9.76. The molecule has 0 aliphatic carbocycles. The summed E-state index contributed by atoms with van der Waals surface area (Å²) >= 11 is 0. The Balaban J connectivity index is 2.88. The fraction of sp³-hybridized carbons (Fsp3) is 0.455. The van der Waals surface area contributed by atoms with Crippen LogP contribution in [0.1, 0.15) is 63.8 Å². The molecule has 2 aromatic rings. The Morgan fingerprint density at radius 2 is 1.22 bits per heavy atom. The summed E-state index contributed by atoms with van der Waals surface area (Å²) in [6.07, 6.45) is 0. The van der Waals surface area contributed by atoms with Gasteiger partial charge in [0.25, 0.3) is 0 Å². The van der Waals surface area contributed by atoms with Gasteiger partial charge < -0.3 is 5.11 Å². The summed E-state index contributed by atoms with van der Waals surface area (Å²) in [4.78, 5) is 0. The van der Waals surface area contributed by atoms with Gasteiger partial charge in [0.15, 0.2) is 0 Å². The molecule has 1 nitrogen and oxygen atoms in total. The number of phenols is 1. The third-order valence-corrected chi connectivity index (χ3v) is 4.32. The Hall–Kier alpha value is -1.76. The second kappa shape index (κ2) is 5.70. The van der Waals surface area contributed by atoms with E-state index in [2.05, 4.69) is 72.7 Å². The Morgan fingerprint density at radius 1 is 0.696 bits per heavy atom. The first-order valence-electron chi connectivity index (χ1n) is 8.37. The summed E-state index contributed by atoms with van der Waals surface area (Å²) in [6, 6.07) is 10.6. The topological polar surface area (TPSA) is 20.2 Å². The van der Waals surface area contributed by atoms with Gasteiger partial charge in [0.1, 0.15) is 5.75 Å². The lowest BCUT2D eigenvalue weighted by Gasteiger charge is -2.29. The predicted octanol–water partition coefficient (Wildman–Crippen LogP) is 6.27. The minimum Gasteiger partial charge on any atom is -0.507 e. The van der Waals surface area contributed by atoms with E-state index in [1.165, 1.54) is 16.7 Å². The first-order valence-corrected chi connectivity index (χ1v) is 8.37. The fourth-order valence-electron chi connectivity index (χ4n) is 3.14. The van der Waals surface area contributed by atoms with Crippen molar-refractivity contribution in [2.75, 3.05) is 0 Å². The molecule has 0 aliphatic heterocycles. The molecule has 0 aliphatic rings. The van der Waals surface area contributed by atoms with Crippen LogP contribution in [0.5, 0.6) is 5.75 Å². The Bertz CT molecular complexity index is 725. The number of phenolic OH excluding ortho intramolecular Hbond substituents is 1. The Kier molecular flexibility index (Phi) is 4.36. The van der Waals surface area contributed by atoms with E-state index in [0.29, 0.717) is 5.75 Å². The van der Waals surface area contributed by atoms with Crippen LogP contribution in [0, 0.1) is 13.8 Å². The van der Waals surface area contributed by atoms with E-state index in [1.807, 2.05) is 13.0 Å². The van der Waals surface area contributed by atoms with Crippen molar-refractivity contribution in [1.29, 1.82) is 0 Å². The number of hydrogen-bond acceptors (Lipinski definition) is 1. The highest BCUT2D eigenvalue weighted by molar-refractivity contribution is 5.79. The largest absolute Gasteiger partial charge is 0.507 e. The van der Waals surface area contributed by atoms with Crippen molar-refractivity contribution in [3.05, 3.63) is 52.6 Å². The highest BCUT2D eigenvalue weighted by Crippen LogP contribution is 2.44. The fourth-order valence-corrected chi connectivity index (χ4v) is 3.14. The zero-order valence-corrected chi connectivity index (χ0v) is 15.8. The van der Waals surface area contributed by atoms with E-state index in [9.17, 15) is 5.11 Å². The van der Waals surface area contributed by atoms with Gasteiger partial charge >= 0.3 is 0 Å². The van der Waals surface area contributed by atoms with Crippen molar-refractivity contribution in [3.8, 4) is 16.9 Å². The molecule has 124 valence electrons. The standard InChI is InChI=1S/C22H30O/c1-14-9-10-16(17(11-14)21(3,4)5)20-18(22(6,7)8)12-15(2)13-19(20)23/h9-13,23H,1-8H3. The Morgan fingerprint density at radius 3 is 1.74 bits per heavy atom. The summed E-state index contributed by atoms with van der Waals surface area (Å²) in [5.74, 6) is 0.379. The average Bonchev–Trinajstić information content (AvgIpc) is 2.36. The molecule has 2 aromatic carbocycles. The zero-order valence-electron chi connectivity index (χ0n) is 15.8. The minimum atomic E-state index is -0.0289. The second-order valence-electron chi connectivity index (χ2n) is 8.76. The molecular weight excluding hydrogens is 280 g/mol. The molecule has 0 bridgehead atoms. The highest BCUT2D eigenvalue weighted by atomic mass is 16.3. The molecule has 23 heavy (non-hydrogen) atoms. The van der Waals surface area contributed by atoms with E-state index >= 15 is 0 Å². The maximum absolute atomic E-state index is 10.7. The van der Waals surface area contributed by atoms with Gasteiger partial charge in [-0.15, -0.1) is 0 Å². The molecule has 0 aromatic heterocycles.